The zero-order valence-corrected chi connectivity index (χ0v) is 19.4. The minimum absolute atomic E-state index is 0.229. The number of fused-ring (bicyclic) bond motifs is 2. The van der Waals surface area contributed by atoms with Crippen molar-refractivity contribution in [3.63, 3.8) is 0 Å². The lowest BCUT2D eigenvalue weighted by molar-refractivity contribution is 0.0697. The van der Waals surface area contributed by atoms with Gasteiger partial charge in [0.15, 0.2) is 5.65 Å². The van der Waals surface area contributed by atoms with Gasteiger partial charge in [0.2, 0.25) is 0 Å². The molecule has 1 saturated heterocycles. The molecule has 0 unspecified atom stereocenters. The van der Waals surface area contributed by atoms with E-state index in [-0.39, 0.29) is 5.56 Å². The maximum absolute atomic E-state index is 11.4. The van der Waals surface area contributed by atoms with Gasteiger partial charge in [0.05, 0.1) is 47.6 Å². The van der Waals surface area contributed by atoms with Gasteiger partial charge in [0.1, 0.15) is 5.69 Å². The van der Waals surface area contributed by atoms with Crippen molar-refractivity contribution in [3.8, 4) is 11.3 Å². The summed E-state index contributed by atoms with van der Waals surface area (Å²) >= 11 is 0. The molecule has 8 nitrogen and oxygen atoms in total. The topological polar surface area (TPSA) is 92.8 Å². The Morgan fingerprint density at radius 2 is 1.72 bits per heavy atom. The Morgan fingerprint density at radius 1 is 0.917 bits per heavy atom. The first kappa shape index (κ1) is 21.9. The van der Waals surface area contributed by atoms with Crippen LogP contribution in [-0.4, -0.2) is 57.0 Å². The molecule has 4 heterocycles. The second kappa shape index (κ2) is 9.24. The molecular weight excluding hydrogens is 454 g/mol. The van der Waals surface area contributed by atoms with E-state index in [4.69, 9.17) is 14.7 Å². The first-order valence-corrected chi connectivity index (χ1v) is 11.8. The third-order valence-electron chi connectivity index (χ3n) is 6.31. The molecule has 0 bridgehead atoms. The number of rotatable bonds is 5. The average Bonchev–Trinajstić information content (AvgIpc) is 3.31. The second-order valence-corrected chi connectivity index (χ2v) is 8.54. The van der Waals surface area contributed by atoms with E-state index in [1.54, 1.807) is 30.5 Å². The molecule has 6 rings (SSSR count). The zero-order valence-electron chi connectivity index (χ0n) is 19.4. The molecule has 0 atom stereocenters. The van der Waals surface area contributed by atoms with Crippen molar-refractivity contribution in [3.05, 3.63) is 89.9 Å². The standard InChI is InChI=1S/C28H23N5O3/c34-28(35)21-7-5-20(6-8-21)26-24(12-11-22-10-9-19-3-1-2-4-23(19)30-22)31-27-25(13-14-29-33(26)27)32-15-17-36-18-16-32/h1-14H,15-18H2,(H,34,35)/b12-11+. The van der Waals surface area contributed by atoms with E-state index in [9.17, 15) is 9.90 Å². The molecule has 1 fully saturated rings. The molecule has 0 aliphatic carbocycles. The highest BCUT2D eigenvalue weighted by molar-refractivity contribution is 5.89. The maximum atomic E-state index is 11.4. The van der Waals surface area contributed by atoms with Crippen molar-refractivity contribution < 1.29 is 14.6 Å². The van der Waals surface area contributed by atoms with Gasteiger partial charge in [0.25, 0.3) is 0 Å². The number of carboxylic acids is 1. The molecule has 2 aromatic carbocycles. The van der Waals surface area contributed by atoms with Gasteiger partial charge in [0, 0.05) is 24.0 Å². The van der Waals surface area contributed by atoms with Gasteiger partial charge >= 0.3 is 5.97 Å². The van der Waals surface area contributed by atoms with Crippen LogP contribution in [0.3, 0.4) is 0 Å². The number of anilines is 1. The summed E-state index contributed by atoms with van der Waals surface area (Å²) in [5.74, 6) is -0.963. The number of hydrogen-bond donors (Lipinski definition) is 1. The molecule has 0 saturated carbocycles. The van der Waals surface area contributed by atoms with Crippen molar-refractivity contribution in [2.24, 2.45) is 0 Å². The van der Waals surface area contributed by atoms with Crippen molar-refractivity contribution in [2.45, 2.75) is 0 Å². The molecule has 8 heteroatoms. The Morgan fingerprint density at radius 3 is 2.53 bits per heavy atom. The number of morpholine rings is 1. The fourth-order valence-corrected chi connectivity index (χ4v) is 4.50. The summed E-state index contributed by atoms with van der Waals surface area (Å²) in [6, 6.07) is 20.8. The summed E-state index contributed by atoms with van der Waals surface area (Å²) in [7, 11) is 0. The van der Waals surface area contributed by atoms with E-state index in [0.717, 1.165) is 58.0 Å². The Bertz CT molecular complexity index is 1600. The quantitative estimate of drug-likeness (QED) is 0.394. The Labute approximate surface area is 207 Å². The summed E-state index contributed by atoms with van der Waals surface area (Å²) in [5.41, 5.74) is 6.03. The molecule has 36 heavy (non-hydrogen) atoms. The molecular formula is C28H23N5O3. The maximum Gasteiger partial charge on any atom is 0.335 e. The van der Waals surface area contributed by atoms with E-state index in [1.807, 2.05) is 53.1 Å². The van der Waals surface area contributed by atoms with Gasteiger partial charge in [-0.1, -0.05) is 36.4 Å². The lowest BCUT2D eigenvalue weighted by Gasteiger charge is -2.28. The van der Waals surface area contributed by atoms with Crippen LogP contribution in [0.2, 0.25) is 0 Å². The number of ether oxygens (including phenoxy) is 1. The third-order valence-corrected chi connectivity index (χ3v) is 6.31. The lowest BCUT2D eigenvalue weighted by atomic mass is 10.1. The highest BCUT2D eigenvalue weighted by Gasteiger charge is 2.20. The van der Waals surface area contributed by atoms with Crippen molar-refractivity contribution in [1.29, 1.82) is 0 Å². The van der Waals surface area contributed by atoms with Gasteiger partial charge < -0.3 is 14.7 Å². The van der Waals surface area contributed by atoms with Crippen LogP contribution in [0.5, 0.6) is 0 Å². The summed E-state index contributed by atoms with van der Waals surface area (Å²) < 4.78 is 7.36. The predicted molar refractivity (Wildman–Crippen MR) is 139 cm³/mol. The summed E-state index contributed by atoms with van der Waals surface area (Å²) in [5, 5.41) is 15.0. The van der Waals surface area contributed by atoms with Gasteiger partial charge in [-0.15, -0.1) is 0 Å². The van der Waals surface area contributed by atoms with Gasteiger partial charge in [-0.2, -0.15) is 5.10 Å². The van der Waals surface area contributed by atoms with Crippen molar-refractivity contribution >= 4 is 40.4 Å². The smallest absolute Gasteiger partial charge is 0.335 e. The minimum atomic E-state index is -0.963. The molecule has 0 radical (unpaired) electrons. The first-order valence-electron chi connectivity index (χ1n) is 11.8. The summed E-state index contributed by atoms with van der Waals surface area (Å²) in [6.07, 6.45) is 5.65. The van der Waals surface area contributed by atoms with Gasteiger partial charge in [-0.3, -0.25) is 0 Å². The van der Waals surface area contributed by atoms with Crippen LogP contribution in [-0.2, 0) is 4.74 Å². The van der Waals surface area contributed by atoms with Crippen LogP contribution < -0.4 is 4.90 Å². The number of pyridine rings is 1. The van der Waals surface area contributed by atoms with Crippen LogP contribution in [0.4, 0.5) is 5.69 Å². The van der Waals surface area contributed by atoms with Crippen LogP contribution in [0.1, 0.15) is 21.7 Å². The van der Waals surface area contributed by atoms with Gasteiger partial charge in [-0.25, -0.2) is 19.3 Å². The number of para-hydroxylation sites is 1. The summed E-state index contributed by atoms with van der Waals surface area (Å²) in [4.78, 5) is 23.4. The molecule has 1 aliphatic heterocycles. The third kappa shape index (κ3) is 4.08. The number of aromatic carboxylic acids is 1. The SMILES string of the molecule is O=C(O)c1ccc(-c2c(/C=C/c3ccc4ccccc4n3)nc3c(N4CCOCC4)ccnn23)cc1. The molecule has 1 aliphatic rings. The van der Waals surface area contributed by atoms with E-state index in [0.29, 0.717) is 13.2 Å². The molecule has 5 aromatic rings. The molecule has 0 amide bonds. The van der Waals surface area contributed by atoms with E-state index in [1.165, 1.54) is 0 Å². The zero-order chi connectivity index (χ0) is 24.5. The number of nitrogens with zero attached hydrogens (tertiary/aromatic N) is 5. The van der Waals surface area contributed by atoms with Crippen molar-refractivity contribution in [1.82, 2.24) is 19.6 Å². The number of carbonyl (C=O) groups is 1. The fraction of sp³-hybridized carbons (Fsp3) is 0.143. The molecule has 1 N–H and O–H groups in total. The van der Waals surface area contributed by atoms with Crippen LogP contribution >= 0.6 is 0 Å². The number of hydrogen-bond acceptors (Lipinski definition) is 6. The van der Waals surface area contributed by atoms with Gasteiger partial charge in [-0.05, 0) is 42.5 Å². The van der Waals surface area contributed by atoms with Crippen LogP contribution in [0.15, 0.2) is 72.9 Å². The van der Waals surface area contributed by atoms with E-state index in [2.05, 4.69) is 16.1 Å². The summed E-state index contributed by atoms with van der Waals surface area (Å²) in [6.45, 7) is 2.89. The minimum Gasteiger partial charge on any atom is -0.478 e. The van der Waals surface area contributed by atoms with Crippen molar-refractivity contribution in [2.75, 3.05) is 31.2 Å². The molecule has 3 aromatic heterocycles. The number of benzene rings is 2. The van der Waals surface area contributed by atoms with E-state index >= 15 is 0 Å². The largest absolute Gasteiger partial charge is 0.478 e. The lowest BCUT2D eigenvalue weighted by Crippen LogP contribution is -2.36. The predicted octanol–water partition coefficient (Wildman–Crippen LogP) is 4.65. The highest BCUT2D eigenvalue weighted by Crippen LogP contribution is 2.31. The Kier molecular flexibility index (Phi) is 5.63. The molecule has 178 valence electrons. The number of carboxylic acid groups (broad SMARTS) is 1. The number of aromatic nitrogens is 4. The Balaban J connectivity index is 1.48. The second-order valence-electron chi connectivity index (χ2n) is 8.54. The monoisotopic (exact) mass is 477 g/mol. The van der Waals surface area contributed by atoms with E-state index < -0.39 is 5.97 Å². The van der Waals surface area contributed by atoms with Crippen LogP contribution in [0, 0.1) is 0 Å². The fourth-order valence-electron chi connectivity index (χ4n) is 4.50. The normalized spacial score (nSPS) is 14.2. The molecule has 0 spiro atoms. The first-order chi connectivity index (χ1) is 17.7. The number of imidazole rings is 1. The Hall–Kier alpha value is -4.56. The highest BCUT2D eigenvalue weighted by atomic mass is 16.5. The average molecular weight is 478 g/mol. The van der Waals surface area contributed by atoms with Crippen LogP contribution in [0.25, 0.3) is 40.0 Å².